The van der Waals surface area contributed by atoms with E-state index in [4.69, 9.17) is 10.5 Å². The maximum Gasteiger partial charge on any atom is 0.127 e. The number of hydrogen-bond acceptors (Lipinski definition) is 2. The normalized spacial score (nSPS) is 21.6. The molecule has 0 saturated heterocycles. The van der Waals surface area contributed by atoms with Gasteiger partial charge in [0.1, 0.15) is 17.7 Å². The summed E-state index contributed by atoms with van der Waals surface area (Å²) in [7, 11) is 0. The fraction of sp³-hybridized carbons (Fsp3) is 0.250. The minimum atomic E-state index is -0.295. The number of nitrogens with two attached hydrogens (primary N) is 1. The Labute approximate surface area is 112 Å². The van der Waals surface area contributed by atoms with Crippen LogP contribution in [0.5, 0.6) is 5.75 Å². The zero-order valence-electron chi connectivity index (χ0n) is 10.8. The average Bonchev–Trinajstić information content (AvgIpc) is 2.38. The fourth-order valence-corrected chi connectivity index (χ4v) is 2.61. The van der Waals surface area contributed by atoms with Crippen molar-refractivity contribution in [2.45, 2.75) is 25.5 Å². The topological polar surface area (TPSA) is 35.2 Å². The van der Waals surface area contributed by atoms with Crippen LogP contribution in [-0.4, -0.2) is 0 Å². The van der Waals surface area contributed by atoms with Gasteiger partial charge in [-0.1, -0.05) is 30.3 Å². The third kappa shape index (κ3) is 2.22. The van der Waals surface area contributed by atoms with E-state index in [2.05, 4.69) is 0 Å². The van der Waals surface area contributed by atoms with Crippen LogP contribution in [0.2, 0.25) is 0 Å². The highest BCUT2D eigenvalue weighted by Crippen LogP contribution is 2.40. The van der Waals surface area contributed by atoms with Gasteiger partial charge in [-0.3, -0.25) is 0 Å². The summed E-state index contributed by atoms with van der Waals surface area (Å²) in [5.41, 5.74) is 9.34. The first-order valence-corrected chi connectivity index (χ1v) is 6.42. The highest BCUT2D eigenvalue weighted by Gasteiger charge is 2.28. The van der Waals surface area contributed by atoms with E-state index in [0.717, 1.165) is 11.1 Å². The smallest absolute Gasteiger partial charge is 0.127 e. The SMILES string of the molecule is Cc1ccccc1C1C[C@@H](N)c2ccc(F)cc2O1. The fourth-order valence-electron chi connectivity index (χ4n) is 2.61. The second-order valence-corrected chi connectivity index (χ2v) is 4.99. The van der Waals surface area contributed by atoms with Crippen LogP contribution in [0.1, 0.15) is 35.3 Å². The van der Waals surface area contributed by atoms with Crippen LogP contribution in [0.4, 0.5) is 4.39 Å². The lowest BCUT2D eigenvalue weighted by Gasteiger charge is -2.31. The maximum atomic E-state index is 13.3. The lowest BCUT2D eigenvalue weighted by Crippen LogP contribution is -2.24. The molecule has 2 nitrogen and oxygen atoms in total. The minimum Gasteiger partial charge on any atom is -0.485 e. The molecule has 0 bridgehead atoms. The number of aryl methyl sites for hydroxylation is 1. The summed E-state index contributed by atoms with van der Waals surface area (Å²) in [5.74, 6) is 0.267. The van der Waals surface area contributed by atoms with Gasteiger partial charge in [-0.25, -0.2) is 4.39 Å². The predicted molar refractivity (Wildman–Crippen MR) is 72.5 cm³/mol. The second kappa shape index (κ2) is 4.67. The van der Waals surface area contributed by atoms with Gasteiger partial charge in [0.15, 0.2) is 0 Å². The highest BCUT2D eigenvalue weighted by molar-refractivity contribution is 5.40. The van der Waals surface area contributed by atoms with E-state index in [-0.39, 0.29) is 18.0 Å². The number of rotatable bonds is 1. The molecule has 0 fully saturated rings. The molecule has 0 spiro atoms. The lowest BCUT2D eigenvalue weighted by molar-refractivity contribution is 0.160. The van der Waals surface area contributed by atoms with Gasteiger partial charge >= 0.3 is 0 Å². The molecule has 0 amide bonds. The van der Waals surface area contributed by atoms with Crippen molar-refractivity contribution in [2.75, 3.05) is 0 Å². The molecule has 98 valence electrons. The largest absolute Gasteiger partial charge is 0.485 e. The molecule has 1 unspecified atom stereocenters. The van der Waals surface area contributed by atoms with Gasteiger partial charge in [-0.05, 0) is 24.1 Å². The molecule has 0 aromatic heterocycles. The molecule has 2 N–H and O–H groups in total. The Bertz CT molecular complexity index is 611. The molecule has 19 heavy (non-hydrogen) atoms. The monoisotopic (exact) mass is 257 g/mol. The molecule has 0 aliphatic carbocycles. The van der Waals surface area contributed by atoms with Gasteiger partial charge in [0, 0.05) is 24.1 Å². The van der Waals surface area contributed by atoms with E-state index in [0.29, 0.717) is 12.2 Å². The summed E-state index contributed by atoms with van der Waals surface area (Å²) < 4.78 is 19.2. The average molecular weight is 257 g/mol. The van der Waals surface area contributed by atoms with E-state index in [1.54, 1.807) is 6.07 Å². The van der Waals surface area contributed by atoms with Gasteiger partial charge in [0.2, 0.25) is 0 Å². The van der Waals surface area contributed by atoms with Crippen molar-refractivity contribution in [3.8, 4) is 5.75 Å². The second-order valence-electron chi connectivity index (χ2n) is 4.99. The Balaban J connectivity index is 1.99. The van der Waals surface area contributed by atoms with E-state index in [1.807, 2.05) is 31.2 Å². The quantitative estimate of drug-likeness (QED) is 0.846. The standard InChI is InChI=1S/C16H16FNO/c1-10-4-2-3-5-12(10)16-9-14(18)13-7-6-11(17)8-15(13)19-16/h2-8,14,16H,9,18H2,1H3/t14-,16?/m1/s1. The molecule has 2 aromatic carbocycles. The summed E-state index contributed by atoms with van der Waals surface area (Å²) in [6.07, 6.45) is 0.606. The van der Waals surface area contributed by atoms with Crippen LogP contribution in [0.3, 0.4) is 0 Å². The Kier molecular flexibility index (Phi) is 2.99. The Morgan fingerprint density at radius 3 is 2.74 bits per heavy atom. The summed E-state index contributed by atoms with van der Waals surface area (Å²) in [6, 6.07) is 12.5. The number of ether oxygens (including phenoxy) is 1. The minimum absolute atomic E-state index is 0.106. The number of hydrogen-bond donors (Lipinski definition) is 1. The molecule has 1 heterocycles. The number of halogens is 1. The van der Waals surface area contributed by atoms with E-state index in [9.17, 15) is 4.39 Å². The van der Waals surface area contributed by atoms with E-state index < -0.39 is 0 Å². The van der Waals surface area contributed by atoms with Gasteiger partial charge < -0.3 is 10.5 Å². The molecular formula is C16H16FNO. The van der Waals surface area contributed by atoms with Crippen molar-refractivity contribution < 1.29 is 9.13 Å². The van der Waals surface area contributed by atoms with Crippen molar-refractivity contribution >= 4 is 0 Å². The molecule has 1 aliphatic heterocycles. The Morgan fingerprint density at radius 2 is 1.95 bits per heavy atom. The van der Waals surface area contributed by atoms with Crippen molar-refractivity contribution in [1.29, 1.82) is 0 Å². The molecule has 3 rings (SSSR count). The van der Waals surface area contributed by atoms with Crippen molar-refractivity contribution in [2.24, 2.45) is 5.73 Å². The molecule has 2 atom stereocenters. The molecular weight excluding hydrogens is 241 g/mol. The third-order valence-corrected chi connectivity index (χ3v) is 3.65. The first kappa shape index (κ1) is 12.2. The van der Waals surface area contributed by atoms with Crippen LogP contribution < -0.4 is 10.5 Å². The molecule has 1 aliphatic rings. The maximum absolute atomic E-state index is 13.3. The van der Waals surface area contributed by atoms with Crippen LogP contribution in [0, 0.1) is 12.7 Å². The number of benzene rings is 2. The zero-order valence-corrected chi connectivity index (χ0v) is 10.8. The summed E-state index contributed by atoms with van der Waals surface area (Å²) in [6.45, 7) is 2.05. The van der Waals surface area contributed by atoms with Gasteiger partial charge in [-0.2, -0.15) is 0 Å². The molecule has 0 saturated carbocycles. The van der Waals surface area contributed by atoms with Gasteiger partial charge in [0.25, 0.3) is 0 Å². The van der Waals surface area contributed by atoms with Crippen LogP contribution in [0.25, 0.3) is 0 Å². The number of fused-ring (bicyclic) bond motifs is 1. The summed E-state index contributed by atoms with van der Waals surface area (Å²) in [5, 5.41) is 0. The van der Waals surface area contributed by atoms with Crippen LogP contribution in [-0.2, 0) is 0 Å². The molecule has 2 aromatic rings. The first-order chi connectivity index (χ1) is 9.15. The van der Waals surface area contributed by atoms with Crippen molar-refractivity contribution in [3.63, 3.8) is 0 Å². The van der Waals surface area contributed by atoms with Gasteiger partial charge in [-0.15, -0.1) is 0 Å². The van der Waals surface area contributed by atoms with E-state index >= 15 is 0 Å². The summed E-state index contributed by atoms with van der Waals surface area (Å²) >= 11 is 0. The Morgan fingerprint density at radius 1 is 1.16 bits per heavy atom. The summed E-state index contributed by atoms with van der Waals surface area (Å²) in [4.78, 5) is 0. The first-order valence-electron chi connectivity index (χ1n) is 6.42. The zero-order chi connectivity index (χ0) is 13.4. The van der Waals surface area contributed by atoms with Crippen LogP contribution >= 0.6 is 0 Å². The molecule has 3 heteroatoms. The van der Waals surface area contributed by atoms with Crippen molar-refractivity contribution in [1.82, 2.24) is 0 Å². The molecule has 0 radical (unpaired) electrons. The lowest BCUT2D eigenvalue weighted by atomic mass is 9.92. The van der Waals surface area contributed by atoms with Gasteiger partial charge in [0.05, 0.1) is 0 Å². The van der Waals surface area contributed by atoms with E-state index in [1.165, 1.54) is 17.7 Å². The predicted octanol–water partition coefficient (Wildman–Crippen LogP) is 3.66. The van der Waals surface area contributed by atoms with Crippen LogP contribution in [0.15, 0.2) is 42.5 Å². The highest BCUT2D eigenvalue weighted by atomic mass is 19.1. The third-order valence-electron chi connectivity index (χ3n) is 3.65. The Hall–Kier alpha value is -1.87. The van der Waals surface area contributed by atoms with Crippen molar-refractivity contribution in [3.05, 3.63) is 65.0 Å².